The fraction of sp³-hybridized carbons (Fsp3) is 0.250. The first kappa shape index (κ1) is 16.1. The summed E-state index contributed by atoms with van der Waals surface area (Å²) in [5, 5.41) is 4.03. The molecule has 0 fully saturated rings. The van der Waals surface area contributed by atoms with Crippen LogP contribution in [0, 0.1) is 12.7 Å². The number of nitrogens with one attached hydrogen (secondary N) is 1. The Bertz CT molecular complexity index is 663. The van der Waals surface area contributed by atoms with Crippen LogP contribution in [0.3, 0.4) is 0 Å². The molecule has 112 valence electrons. The average Bonchev–Trinajstić information content (AvgIpc) is 2.42. The second-order valence-corrected chi connectivity index (χ2v) is 6.10. The largest absolute Gasteiger partial charge is 0.495 e. The highest BCUT2D eigenvalue weighted by molar-refractivity contribution is 9.10. The van der Waals surface area contributed by atoms with Gasteiger partial charge >= 0.3 is 0 Å². The van der Waals surface area contributed by atoms with E-state index in [1.807, 2.05) is 19.9 Å². The molecule has 2 rings (SSSR count). The molecule has 1 atom stereocenters. The summed E-state index contributed by atoms with van der Waals surface area (Å²) in [6.07, 6.45) is 0. The molecule has 2 nitrogen and oxygen atoms in total. The van der Waals surface area contributed by atoms with E-state index >= 15 is 0 Å². The summed E-state index contributed by atoms with van der Waals surface area (Å²) in [5.74, 6) is 0.411. The van der Waals surface area contributed by atoms with Crippen LogP contribution in [0.2, 0.25) is 5.02 Å². The van der Waals surface area contributed by atoms with Crippen molar-refractivity contribution in [2.45, 2.75) is 19.9 Å². The molecule has 21 heavy (non-hydrogen) atoms. The number of benzene rings is 2. The summed E-state index contributed by atoms with van der Waals surface area (Å²) in [4.78, 5) is 0. The van der Waals surface area contributed by atoms with E-state index < -0.39 is 0 Å². The lowest BCUT2D eigenvalue weighted by atomic mass is 10.1. The van der Waals surface area contributed by atoms with E-state index in [2.05, 4.69) is 21.2 Å². The molecule has 0 saturated heterocycles. The summed E-state index contributed by atoms with van der Waals surface area (Å²) in [6.45, 7) is 3.94. The Morgan fingerprint density at radius 2 is 2.00 bits per heavy atom. The molecule has 0 bridgehead atoms. The highest BCUT2D eigenvalue weighted by atomic mass is 79.9. The topological polar surface area (TPSA) is 21.3 Å². The summed E-state index contributed by atoms with van der Waals surface area (Å²) >= 11 is 9.49. The Kier molecular flexibility index (Phi) is 5.12. The minimum atomic E-state index is -0.266. The predicted octanol–water partition coefficient (Wildman–Crippen LogP) is 5.73. The molecule has 0 radical (unpaired) electrons. The van der Waals surface area contributed by atoms with Gasteiger partial charge in [0.15, 0.2) is 0 Å². The third-order valence-electron chi connectivity index (χ3n) is 3.28. The number of rotatable bonds is 4. The quantitative estimate of drug-likeness (QED) is 0.740. The van der Waals surface area contributed by atoms with Crippen molar-refractivity contribution in [3.8, 4) is 5.75 Å². The van der Waals surface area contributed by atoms with Gasteiger partial charge in [-0.25, -0.2) is 4.39 Å². The maximum atomic E-state index is 13.2. The van der Waals surface area contributed by atoms with Crippen LogP contribution in [0.15, 0.2) is 34.8 Å². The average molecular weight is 373 g/mol. The number of aryl methyl sites for hydroxylation is 1. The Hall–Kier alpha value is -1.26. The van der Waals surface area contributed by atoms with Crippen molar-refractivity contribution in [1.82, 2.24) is 0 Å². The van der Waals surface area contributed by atoms with Crippen LogP contribution in [-0.4, -0.2) is 7.11 Å². The molecule has 5 heteroatoms. The number of hydrogen-bond donors (Lipinski definition) is 1. The molecular formula is C16H16BrClFNO. The standard InChI is InChI=1S/C16H16BrClFNO/c1-9-6-15(16(21-3)8-14(9)18)20-10(2)12-5-4-11(19)7-13(12)17/h4-8,10,20H,1-3H3. The van der Waals surface area contributed by atoms with Gasteiger partial charge in [-0.3, -0.25) is 0 Å². The Morgan fingerprint density at radius 1 is 1.29 bits per heavy atom. The van der Waals surface area contributed by atoms with Gasteiger partial charge in [0.25, 0.3) is 0 Å². The van der Waals surface area contributed by atoms with E-state index in [1.54, 1.807) is 19.2 Å². The van der Waals surface area contributed by atoms with Crippen LogP contribution in [0.5, 0.6) is 5.75 Å². The smallest absolute Gasteiger partial charge is 0.143 e. The Morgan fingerprint density at radius 3 is 2.62 bits per heavy atom. The molecule has 1 N–H and O–H groups in total. The number of hydrogen-bond acceptors (Lipinski definition) is 2. The zero-order valence-corrected chi connectivity index (χ0v) is 14.3. The van der Waals surface area contributed by atoms with E-state index in [0.717, 1.165) is 21.3 Å². The minimum Gasteiger partial charge on any atom is -0.495 e. The van der Waals surface area contributed by atoms with Crippen LogP contribution in [0.1, 0.15) is 24.1 Å². The number of methoxy groups -OCH3 is 1. The van der Waals surface area contributed by atoms with Gasteiger partial charge in [-0.05, 0) is 43.2 Å². The van der Waals surface area contributed by atoms with Crippen molar-refractivity contribution in [2.75, 3.05) is 12.4 Å². The first-order valence-electron chi connectivity index (χ1n) is 6.48. The maximum Gasteiger partial charge on any atom is 0.143 e. The van der Waals surface area contributed by atoms with Gasteiger partial charge in [-0.1, -0.05) is 33.6 Å². The predicted molar refractivity (Wildman–Crippen MR) is 88.9 cm³/mol. The van der Waals surface area contributed by atoms with Crippen molar-refractivity contribution in [1.29, 1.82) is 0 Å². The normalized spacial score (nSPS) is 12.1. The van der Waals surface area contributed by atoms with E-state index in [-0.39, 0.29) is 11.9 Å². The van der Waals surface area contributed by atoms with Gasteiger partial charge in [0.05, 0.1) is 12.8 Å². The summed E-state index contributed by atoms with van der Waals surface area (Å²) in [6, 6.07) is 8.36. The molecule has 0 amide bonds. The van der Waals surface area contributed by atoms with Gasteiger partial charge in [-0.2, -0.15) is 0 Å². The van der Waals surface area contributed by atoms with Gasteiger partial charge in [0.2, 0.25) is 0 Å². The Balaban J connectivity index is 2.31. The lowest BCUT2D eigenvalue weighted by Gasteiger charge is -2.20. The van der Waals surface area contributed by atoms with E-state index in [9.17, 15) is 4.39 Å². The molecule has 0 aliphatic heterocycles. The van der Waals surface area contributed by atoms with Crippen LogP contribution in [0.4, 0.5) is 10.1 Å². The van der Waals surface area contributed by atoms with Crippen molar-refractivity contribution in [3.05, 3.63) is 56.8 Å². The minimum absolute atomic E-state index is 0.0190. The summed E-state index contributed by atoms with van der Waals surface area (Å²) < 4.78 is 19.2. The van der Waals surface area contributed by atoms with Crippen molar-refractivity contribution in [3.63, 3.8) is 0 Å². The van der Waals surface area contributed by atoms with Gasteiger partial charge in [0, 0.05) is 21.6 Å². The highest BCUT2D eigenvalue weighted by Gasteiger charge is 2.13. The molecule has 1 unspecified atom stereocenters. The molecule has 0 saturated carbocycles. The number of ether oxygens (including phenoxy) is 1. The van der Waals surface area contributed by atoms with Crippen LogP contribution >= 0.6 is 27.5 Å². The first-order valence-corrected chi connectivity index (χ1v) is 7.65. The number of halogens is 3. The van der Waals surface area contributed by atoms with Crippen molar-refractivity contribution >= 4 is 33.2 Å². The van der Waals surface area contributed by atoms with Crippen LogP contribution in [0.25, 0.3) is 0 Å². The lowest BCUT2D eigenvalue weighted by Crippen LogP contribution is -2.09. The zero-order chi connectivity index (χ0) is 15.6. The summed E-state index contributed by atoms with van der Waals surface area (Å²) in [5.41, 5.74) is 2.78. The fourth-order valence-corrected chi connectivity index (χ4v) is 2.96. The van der Waals surface area contributed by atoms with E-state index in [4.69, 9.17) is 16.3 Å². The molecule has 0 aliphatic rings. The number of anilines is 1. The second-order valence-electron chi connectivity index (χ2n) is 4.83. The third kappa shape index (κ3) is 3.69. The monoisotopic (exact) mass is 371 g/mol. The van der Waals surface area contributed by atoms with Crippen LogP contribution in [-0.2, 0) is 0 Å². The SMILES string of the molecule is COc1cc(Cl)c(C)cc1NC(C)c1ccc(F)cc1Br. The molecule has 0 spiro atoms. The first-order chi connectivity index (χ1) is 9.92. The van der Waals surface area contributed by atoms with Crippen LogP contribution < -0.4 is 10.1 Å². The fourth-order valence-electron chi connectivity index (χ4n) is 2.11. The van der Waals surface area contributed by atoms with E-state index in [0.29, 0.717) is 10.8 Å². The highest BCUT2D eigenvalue weighted by Crippen LogP contribution is 2.34. The molecule has 0 aliphatic carbocycles. The molecule has 0 aromatic heterocycles. The van der Waals surface area contributed by atoms with E-state index in [1.165, 1.54) is 12.1 Å². The van der Waals surface area contributed by atoms with Crippen molar-refractivity contribution < 1.29 is 9.13 Å². The van der Waals surface area contributed by atoms with Gasteiger partial charge < -0.3 is 10.1 Å². The maximum absolute atomic E-state index is 13.2. The second kappa shape index (κ2) is 6.67. The zero-order valence-electron chi connectivity index (χ0n) is 12.0. The van der Waals surface area contributed by atoms with Crippen molar-refractivity contribution in [2.24, 2.45) is 0 Å². The third-order valence-corrected chi connectivity index (χ3v) is 4.38. The molecule has 2 aromatic rings. The molecular weight excluding hydrogens is 357 g/mol. The summed E-state index contributed by atoms with van der Waals surface area (Å²) in [7, 11) is 1.60. The van der Waals surface area contributed by atoms with Gasteiger partial charge in [0.1, 0.15) is 11.6 Å². The lowest BCUT2D eigenvalue weighted by molar-refractivity contribution is 0.416. The molecule has 0 heterocycles. The van der Waals surface area contributed by atoms with Gasteiger partial charge in [-0.15, -0.1) is 0 Å². The molecule has 2 aromatic carbocycles. The Labute approximate surface area is 137 Å².